The molecular weight excluding hydrogens is 236 g/mol. The van der Waals surface area contributed by atoms with Crippen molar-refractivity contribution in [2.75, 3.05) is 7.05 Å². The first-order valence-electron chi connectivity index (χ1n) is 7.20. The topological polar surface area (TPSA) is 32.3 Å². The van der Waals surface area contributed by atoms with Crippen LogP contribution in [0.25, 0.3) is 0 Å². The van der Waals surface area contributed by atoms with Crippen molar-refractivity contribution >= 4 is 5.91 Å². The molecule has 3 rings (SSSR count). The predicted molar refractivity (Wildman–Crippen MR) is 75.7 cm³/mol. The zero-order valence-electron chi connectivity index (χ0n) is 11.7. The molecular formula is C16H22N2O. The molecule has 2 aliphatic heterocycles. The van der Waals surface area contributed by atoms with Gasteiger partial charge in [0.05, 0.1) is 5.92 Å². The average Bonchev–Trinajstić information content (AvgIpc) is 3.03. The molecule has 3 nitrogen and oxygen atoms in total. The van der Waals surface area contributed by atoms with Gasteiger partial charge in [0.1, 0.15) is 0 Å². The van der Waals surface area contributed by atoms with Crippen LogP contribution in [0.2, 0.25) is 0 Å². The van der Waals surface area contributed by atoms with Gasteiger partial charge in [-0.3, -0.25) is 4.79 Å². The second-order valence-corrected chi connectivity index (χ2v) is 6.01. The van der Waals surface area contributed by atoms with Crippen molar-refractivity contribution in [3.63, 3.8) is 0 Å². The number of amides is 1. The Balaban J connectivity index is 1.66. The average molecular weight is 258 g/mol. The molecule has 2 bridgehead atoms. The fraction of sp³-hybridized carbons (Fsp3) is 0.562. The van der Waals surface area contributed by atoms with Crippen LogP contribution in [0.5, 0.6) is 0 Å². The van der Waals surface area contributed by atoms with Crippen LogP contribution in [-0.2, 0) is 11.3 Å². The number of nitrogens with zero attached hydrogens (tertiary/aromatic N) is 1. The molecule has 0 saturated carbocycles. The summed E-state index contributed by atoms with van der Waals surface area (Å²) in [6.07, 6.45) is 3.44. The number of carbonyl (C=O) groups is 1. The highest BCUT2D eigenvalue weighted by Gasteiger charge is 2.43. The van der Waals surface area contributed by atoms with E-state index in [-0.39, 0.29) is 5.92 Å². The summed E-state index contributed by atoms with van der Waals surface area (Å²) < 4.78 is 0. The van der Waals surface area contributed by atoms with Crippen LogP contribution in [0.1, 0.15) is 30.4 Å². The molecule has 0 radical (unpaired) electrons. The van der Waals surface area contributed by atoms with Crippen LogP contribution in [0, 0.1) is 12.8 Å². The molecule has 3 atom stereocenters. The highest BCUT2D eigenvalue weighted by molar-refractivity contribution is 5.80. The molecule has 3 unspecified atom stereocenters. The lowest BCUT2D eigenvalue weighted by Gasteiger charge is -2.26. The first-order chi connectivity index (χ1) is 9.15. The first-order valence-corrected chi connectivity index (χ1v) is 7.20. The van der Waals surface area contributed by atoms with E-state index in [1.807, 2.05) is 24.1 Å². The third-order valence-corrected chi connectivity index (χ3v) is 4.66. The molecule has 3 heteroatoms. The monoisotopic (exact) mass is 258 g/mol. The van der Waals surface area contributed by atoms with Crippen LogP contribution in [-0.4, -0.2) is 29.9 Å². The number of hydrogen-bond acceptors (Lipinski definition) is 2. The van der Waals surface area contributed by atoms with Crippen molar-refractivity contribution < 1.29 is 4.79 Å². The first kappa shape index (κ1) is 12.7. The molecule has 19 heavy (non-hydrogen) atoms. The summed E-state index contributed by atoms with van der Waals surface area (Å²) in [6.45, 7) is 2.83. The molecule has 1 amide bonds. The van der Waals surface area contributed by atoms with E-state index in [0.717, 1.165) is 13.0 Å². The molecule has 2 heterocycles. The van der Waals surface area contributed by atoms with Gasteiger partial charge >= 0.3 is 0 Å². The fourth-order valence-electron chi connectivity index (χ4n) is 3.50. The maximum atomic E-state index is 12.5. The number of benzene rings is 1. The summed E-state index contributed by atoms with van der Waals surface area (Å²) in [4.78, 5) is 14.4. The van der Waals surface area contributed by atoms with Crippen LogP contribution in [0.15, 0.2) is 24.3 Å². The van der Waals surface area contributed by atoms with Gasteiger partial charge in [-0.1, -0.05) is 24.3 Å². The van der Waals surface area contributed by atoms with Crippen LogP contribution in [0.3, 0.4) is 0 Å². The highest BCUT2D eigenvalue weighted by atomic mass is 16.2. The maximum absolute atomic E-state index is 12.5. The van der Waals surface area contributed by atoms with Gasteiger partial charge in [-0.05, 0) is 37.3 Å². The number of rotatable bonds is 3. The van der Waals surface area contributed by atoms with Gasteiger partial charge in [-0.2, -0.15) is 0 Å². The van der Waals surface area contributed by atoms with Gasteiger partial charge in [-0.15, -0.1) is 0 Å². The van der Waals surface area contributed by atoms with E-state index in [1.165, 1.54) is 24.0 Å². The third-order valence-electron chi connectivity index (χ3n) is 4.66. The largest absolute Gasteiger partial charge is 0.341 e. The number of nitrogens with one attached hydrogen (secondary N) is 1. The molecule has 102 valence electrons. The van der Waals surface area contributed by atoms with Crippen molar-refractivity contribution in [2.45, 2.75) is 44.8 Å². The van der Waals surface area contributed by atoms with Gasteiger partial charge in [0.2, 0.25) is 5.91 Å². The van der Waals surface area contributed by atoms with Crippen LogP contribution >= 0.6 is 0 Å². The zero-order valence-corrected chi connectivity index (χ0v) is 11.7. The summed E-state index contributed by atoms with van der Waals surface area (Å²) >= 11 is 0. The number of fused-ring (bicyclic) bond motifs is 2. The van der Waals surface area contributed by atoms with Gasteiger partial charge < -0.3 is 10.2 Å². The van der Waals surface area contributed by atoms with Gasteiger partial charge in [0.25, 0.3) is 0 Å². The van der Waals surface area contributed by atoms with E-state index in [0.29, 0.717) is 18.0 Å². The minimum atomic E-state index is 0.202. The Kier molecular flexibility index (Phi) is 3.31. The highest BCUT2D eigenvalue weighted by Crippen LogP contribution is 2.34. The molecule has 1 N–H and O–H groups in total. The normalized spacial score (nSPS) is 28.6. The summed E-state index contributed by atoms with van der Waals surface area (Å²) in [5.74, 6) is 0.510. The summed E-state index contributed by atoms with van der Waals surface area (Å²) in [5, 5.41) is 3.54. The van der Waals surface area contributed by atoms with E-state index in [4.69, 9.17) is 0 Å². The molecule has 1 aromatic rings. The minimum absolute atomic E-state index is 0.202. The van der Waals surface area contributed by atoms with E-state index >= 15 is 0 Å². The molecule has 2 aliphatic rings. The standard InChI is InChI=1S/C16H22N2O/c1-11-5-3-4-6-12(11)10-18(2)16(19)14-9-13-7-8-15(14)17-13/h3-6,13-15,17H,7-10H2,1-2H3. The quantitative estimate of drug-likeness (QED) is 0.900. The van der Waals surface area contributed by atoms with E-state index < -0.39 is 0 Å². The lowest BCUT2D eigenvalue weighted by atomic mass is 9.88. The van der Waals surface area contributed by atoms with Gasteiger partial charge in [0.15, 0.2) is 0 Å². The van der Waals surface area contributed by atoms with Crippen molar-refractivity contribution in [1.82, 2.24) is 10.2 Å². The zero-order chi connectivity index (χ0) is 13.4. The lowest BCUT2D eigenvalue weighted by molar-refractivity contribution is -0.135. The number of carbonyl (C=O) groups excluding carboxylic acids is 1. The molecule has 0 aliphatic carbocycles. The number of hydrogen-bond donors (Lipinski definition) is 1. The van der Waals surface area contributed by atoms with Crippen molar-refractivity contribution in [3.05, 3.63) is 35.4 Å². The Morgan fingerprint density at radius 2 is 2.16 bits per heavy atom. The second kappa shape index (κ2) is 4.97. The minimum Gasteiger partial charge on any atom is -0.341 e. The fourth-order valence-corrected chi connectivity index (χ4v) is 3.50. The molecule has 0 aromatic heterocycles. The van der Waals surface area contributed by atoms with E-state index in [9.17, 15) is 4.79 Å². The molecule has 0 spiro atoms. The molecule has 2 saturated heterocycles. The Labute approximate surface area is 115 Å². The van der Waals surface area contributed by atoms with Crippen molar-refractivity contribution in [1.29, 1.82) is 0 Å². The molecule has 1 aromatic carbocycles. The van der Waals surface area contributed by atoms with Crippen molar-refractivity contribution in [3.8, 4) is 0 Å². The smallest absolute Gasteiger partial charge is 0.227 e. The van der Waals surface area contributed by atoms with Gasteiger partial charge in [-0.25, -0.2) is 0 Å². The van der Waals surface area contributed by atoms with Crippen LogP contribution in [0.4, 0.5) is 0 Å². The van der Waals surface area contributed by atoms with Gasteiger partial charge in [0, 0.05) is 25.7 Å². The SMILES string of the molecule is Cc1ccccc1CN(C)C(=O)C1CC2CCC1N2. The Bertz CT molecular complexity index is 485. The Morgan fingerprint density at radius 3 is 2.79 bits per heavy atom. The van der Waals surface area contributed by atoms with E-state index in [1.54, 1.807) is 0 Å². The second-order valence-electron chi connectivity index (χ2n) is 6.01. The van der Waals surface area contributed by atoms with E-state index in [2.05, 4.69) is 24.4 Å². The predicted octanol–water partition coefficient (Wildman–Crippen LogP) is 2.09. The molecule has 2 fully saturated rings. The summed E-state index contributed by atoms with van der Waals surface area (Å²) in [6, 6.07) is 9.31. The third kappa shape index (κ3) is 2.39. The Morgan fingerprint density at radius 1 is 1.37 bits per heavy atom. The Hall–Kier alpha value is -1.35. The summed E-state index contributed by atoms with van der Waals surface area (Å²) in [5.41, 5.74) is 2.50. The van der Waals surface area contributed by atoms with Crippen molar-refractivity contribution in [2.24, 2.45) is 5.92 Å². The number of aryl methyl sites for hydroxylation is 1. The lowest BCUT2D eigenvalue weighted by Crippen LogP contribution is -2.38. The van der Waals surface area contributed by atoms with Crippen LogP contribution < -0.4 is 5.32 Å². The summed E-state index contributed by atoms with van der Waals surface area (Å²) in [7, 11) is 1.93. The maximum Gasteiger partial charge on any atom is 0.227 e.